The SMILES string of the molecule is C=C=CC(CCC)CCCC. The Balaban J connectivity index is 3.59. The van der Waals surface area contributed by atoms with Gasteiger partial charge in [-0.1, -0.05) is 39.7 Å². The van der Waals surface area contributed by atoms with Crippen molar-refractivity contribution in [3.8, 4) is 0 Å². The van der Waals surface area contributed by atoms with Gasteiger partial charge < -0.3 is 0 Å². The number of hydrogen-bond acceptors (Lipinski definition) is 0. The Bertz CT molecular complexity index is 118. The van der Waals surface area contributed by atoms with Crippen molar-refractivity contribution in [1.29, 1.82) is 0 Å². The van der Waals surface area contributed by atoms with E-state index in [1.807, 2.05) is 0 Å². The molecule has 0 rings (SSSR count). The quantitative estimate of drug-likeness (QED) is 0.506. The third-order valence-corrected chi connectivity index (χ3v) is 1.94. The van der Waals surface area contributed by atoms with Crippen molar-refractivity contribution < 1.29 is 0 Å². The first-order valence-electron chi connectivity index (χ1n) is 4.71. The van der Waals surface area contributed by atoms with Crippen LogP contribution in [0.25, 0.3) is 0 Å². The highest BCUT2D eigenvalue weighted by Gasteiger charge is 2.01. The van der Waals surface area contributed by atoms with Crippen LogP contribution >= 0.6 is 0 Å². The van der Waals surface area contributed by atoms with Crippen molar-refractivity contribution in [2.45, 2.75) is 46.0 Å². The van der Waals surface area contributed by atoms with E-state index in [0.717, 1.165) is 5.92 Å². The van der Waals surface area contributed by atoms with Gasteiger partial charge in [0.1, 0.15) is 0 Å². The molecule has 0 fully saturated rings. The van der Waals surface area contributed by atoms with Crippen LogP contribution in [0, 0.1) is 5.92 Å². The van der Waals surface area contributed by atoms with E-state index < -0.39 is 0 Å². The Morgan fingerprint density at radius 2 is 2.00 bits per heavy atom. The third kappa shape index (κ3) is 5.94. The lowest BCUT2D eigenvalue weighted by Crippen LogP contribution is -1.94. The van der Waals surface area contributed by atoms with Crippen LogP contribution in [0.4, 0.5) is 0 Å². The highest BCUT2D eigenvalue weighted by Crippen LogP contribution is 2.15. The molecule has 0 aromatic carbocycles. The number of unbranched alkanes of at least 4 members (excludes halogenated alkanes) is 1. The highest BCUT2D eigenvalue weighted by molar-refractivity contribution is 4.83. The summed E-state index contributed by atoms with van der Waals surface area (Å²) in [5, 5.41) is 0. The summed E-state index contributed by atoms with van der Waals surface area (Å²) in [6.07, 6.45) is 8.63. The Kier molecular flexibility index (Phi) is 7.29. The molecule has 0 aromatic rings. The summed E-state index contributed by atoms with van der Waals surface area (Å²) >= 11 is 0. The molecule has 0 N–H and O–H groups in total. The van der Waals surface area contributed by atoms with Crippen molar-refractivity contribution in [2.24, 2.45) is 5.92 Å². The molecular weight excluding hydrogens is 132 g/mol. The molecule has 0 radical (unpaired) electrons. The summed E-state index contributed by atoms with van der Waals surface area (Å²) in [5.74, 6) is 0.734. The van der Waals surface area contributed by atoms with Crippen LogP contribution in [0.1, 0.15) is 46.0 Å². The molecule has 0 aliphatic rings. The molecule has 0 nitrogen and oxygen atoms in total. The second kappa shape index (κ2) is 7.63. The van der Waals surface area contributed by atoms with Crippen molar-refractivity contribution in [2.75, 3.05) is 0 Å². The van der Waals surface area contributed by atoms with Gasteiger partial charge in [-0.05, 0) is 24.8 Å². The Morgan fingerprint density at radius 3 is 2.45 bits per heavy atom. The molecule has 0 bridgehead atoms. The smallest absolute Gasteiger partial charge is 0.0158 e. The molecule has 0 aliphatic heterocycles. The minimum absolute atomic E-state index is 0.734. The van der Waals surface area contributed by atoms with Gasteiger partial charge in [-0.25, -0.2) is 0 Å². The Hall–Kier alpha value is -0.480. The summed E-state index contributed by atoms with van der Waals surface area (Å²) in [7, 11) is 0. The van der Waals surface area contributed by atoms with Crippen LogP contribution in [0.15, 0.2) is 18.4 Å². The number of rotatable bonds is 6. The summed E-state index contributed by atoms with van der Waals surface area (Å²) in [6.45, 7) is 8.08. The second-order valence-corrected chi connectivity index (χ2v) is 3.06. The van der Waals surface area contributed by atoms with E-state index in [-0.39, 0.29) is 0 Å². The summed E-state index contributed by atoms with van der Waals surface area (Å²) < 4.78 is 0. The van der Waals surface area contributed by atoms with Crippen LogP contribution in [0.2, 0.25) is 0 Å². The molecule has 0 saturated carbocycles. The summed E-state index contributed by atoms with van der Waals surface area (Å²) in [6, 6.07) is 0. The topological polar surface area (TPSA) is 0 Å². The van der Waals surface area contributed by atoms with E-state index in [1.165, 1.54) is 32.1 Å². The van der Waals surface area contributed by atoms with E-state index in [4.69, 9.17) is 0 Å². The first-order valence-corrected chi connectivity index (χ1v) is 4.71. The minimum atomic E-state index is 0.734. The molecule has 0 heterocycles. The fourth-order valence-electron chi connectivity index (χ4n) is 1.31. The normalized spacial score (nSPS) is 12.2. The number of hydrogen-bond donors (Lipinski definition) is 0. The van der Waals surface area contributed by atoms with Gasteiger partial charge in [-0.3, -0.25) is 0 Å². The molecule has 1 unspecified atom stereocenters. The molecule has 64 valence electrons. The van der Waals surface area contributed by atoms with Gasteiger partial charge in [0.05, 0.1) is 0 Å². The second-order valence-electron chi connectivity index (χ2n) is 3.06. The van der Waals surface area contributed by atoms with Gasteiger partial charge >= 0.3 is 0 Å². The van der Waals surface area contributed by atoms with E-state index in [2.05, 4.69) is 32.2 Å². The zero-order valence-electron chi connectivity index (χ0n) is 7.90. The standard InChI is InChI=1S/C11H20/c1-4-7-10-11(8-5-2)9-6-3/h8,11H,2,4,6-7,9-10H2,1,3H3. The first kappa shape index (κ1) is 10.5. The van der Waals surface area contributed by atoms with Crippen molar-refractivity contribution in [1.82, 2.24) is 0 Å². The fraction of sp³-hybridized carbons (Fsp3) is 0.727. The van der Waals surface area contributed by atoms with Crippen LogP contribution in [-0.2, 0) is 0 Å². The highest BCUT2D eigenvalue weighted by atomic mass is 14.1. The van der Waals surface area contributed by atoms with Crippen LogP contribution in [0.5, 0.6) is 0 Å². The monoisotopic (exact) mass is 152 g/mol. The lowest BCUT2D eigenvalue weighted by Gasteiger charge is -2.08. The van der Waals surface area contributed by atoms with Crippen molar-refractivity contribution in [3.63, 3.8) is 0 Å². The van der Waals surface area contributed by atoms with Gasteiger partial charge in [-0.2, -0.15) is 0 Å². The zero-order chi connectivity index (χ0) is 8.53. The molecule has 0 aromatic heterocycles. The zero-order valence-corrected chi connectivity index (χ0v) is 7.90. The van der Waals surface area contributed by atoms with E-state index in [0.29, 0.717) is 0 Å². The molecule has 11 heavy (non-hydrogen) atoms. The molecule has 1 atom stereocenters. The average molecular weight is 152 g/mol. The minimum Gasteiger partial charge on any atom is -0.133 e. The van der Waals surface area contributed by atoms with Crippen molar-refractivity contribution in [3.05, 3.63) is 18.4 Å². The van der Waals surface area contributed by atoms with Crippen LogP contribution in [-0.4, -0.2) is 0 Å². The predicted molar refractivity (Wildman–Crippen MR) is 51.6 cm³/mol. The molecule has 0 spiro atoms. The largest absolute Gasteiger partial charge is 0.133 e. The van der Waals surface area contributed by atoms with Crippen LogP contribution < -0.4 is 0 Å². The van der Waals surface area contributed by atoms with Gasteiger partial charge in [0.15, 0.2) is 0 Å². The summed E-state index contributed by atoms with van der Waals surface area (Å²) in [5.41, 5.74) is 2.89. The molecule has 0 amide bonds. The van der Waals surface area contributed by atoms with E-state index in [9.17, 15) is 0 Å². The molecular formula is C11H20. The molecule has 0 heteroatoms. The number of allylic oxidation sites excluding steroid dienone is 1. The van der Waals surface area contributed by atoms with Crippen molar-refractivity contribution >= 4 is 0 Å². The maximum absolute atomic E-state index is 3.61. The predicted octanol–water partition coefficient (Wildman–Crippen LogP) is 3.93. The maximum atomic E-state index is 3.61. The van der Waals surface area contributed by atoms with Crippen LogP contribution in [0.3, 0.4) is 0 Å². The lowest BCUT2D eigenvalue weighted by atomic mass is 9.97. The first-order chi connectivity index (χ1) is 5.35. The fourth-order valence-corrected chi connectivity index (χ4v) is 1.31. The van der Waals surface area contributed by atoms with Gasteiger partial charge in [0, 0.05) is 0 Å². The molecule has 0 aliphatic carbocycles. The summed E-state index contributed by atoms with van der Waals surface area (Å²) in [4.78, 5) is 0. The van der Waals surface area contributed by atoms with E-state index in [1.54, 1.807) is 0 Å². The van der Waals surface area contributed by atoms with Gasteiger partial charge in [0.25, 0.3) is 0 Å². The maximum Gasteiger partial charge on any atom is -0.0158 e. The van der Waals surface area contributed by atoms with Gasteiger partial charge in [-0.15, -0.1) is 5.73 Å². The Morgan fingerprint density at radius 1 is 1.27 bits per heavy atom. The third-order valence-electron chi connectivity index (χ3n) is 1.94. The Labute approximate surface area is 71.0 Å². The van der Waals surface area contributed by atoms with E-state index >= 15 is 0 Å². The van der Waals surface area contributed by atoms with Gasteiger partial charge in [0.2, 0.25) is 0 Å². The average Bonchev–Trinajstić information content (AvgIpc) is 2.01. The lowest BCUT2D eigenvalue weighted by molar-refractivity contribution is 0.512. The molecule has 0 saturated heterocycles.